The molecule has 26 heavy (non-hydrogen) atoms. The van der Waals surface area contributed by atoms with Gasteiger partial charge in [0.2, 0.25) is 0 Å². The van der Waals surface area contributed by atoms with Crippen LogP contribution in [0.15, 0.2) is 0 Å². The van der Waals surface area contributed by atoms with Crippen molar-refractivity contribution in [1.29, 1.82) is 0 Å². The monoisotopic (exact) mass is 402 g/mol. The van der Waals surface area contributed by atoms with E-state index in [4.69, 9.17) is 9.47 Å². The third-order valence-corrected chi connectivity index (χ3v) is 5.39. The van der Waals surface area contributed by atoms with Gasteiger partial charge in [-0.3, -0.25) is 9.59 Å². The van der Waals surface area contributed by atoms with Gasteiger partial charge in [0.15, 0.2) is 0 Å². The van der Waals surface area contributed by atoms with Crippen molar-refractivity contribution in [3.63, 3.8) is 0 Å². The average Bonchev–Trinajstić information content (AvgIpc) is 2.34. The Morgan fingerprint density at radius 2 is 1.31 bits per heavy atom. The van der Waals surface area contributed by atoms with Crippen molar-refractivity contribution >= 4 is 22.1 Å². The molecule has 3 atom stereocenters. The molecule has 0 fully saturated rings. The summed E-state index contributed by atoms with van der Waals surface area (Å²) in [6.07, 6.45) is -1.80. The normalized spacial score (nSPS) is 16.0. The molecule has 0 N–H and O–H groups in total. The second-order valence-corrected chi connectivity index (χ2v) is 10.0. The van der Waals surface area contributed by atoms with Gasteiger partial charge in [0.1, 0.15) is 27.6 Å². The Morgan fingerprint density at radius 3 is 1.65 bits per heavy atom. The van der Waals surface area contributed by atoms with Gasteiger partial charge in [-0.1, -0.05) is 41.5 Å². The van der Waals surface area contributed by atoms with Gasteiger partial charge in [-0.25, -0.2) is 8.42 Å². The number of hydrogen-bond donors (Lipinski definition) is 0. The van der Waals surface area contributed by atoms with Crippen LogP contribution in [0.4, 0.5) is 0 Å². The largest absolute Gasteiger partial charge is 1.00 e. The molecule has 7 nitrogen and oxygen atoms in total. The first kappa shape index (κ1) is 28.1. The van der Waals surface area contributed by atoms with Crippen molar-refractivity contribution in [2.45, 2.75) is 85.7 Å². The van der Waals surface area contributed by atoms with Gasteiger partial charge in [0.05, 0.1) is 0 Å². The predicted octanol–water partition coefficient (Wildman–Crippen LogP) is -0.360. The van der Waals surface area contributed by atoms with E-state index in [-0.39, 0.29) is 41.4 Å². The SMILES string of the molecule is CC(OC(=O)CCC(C(=O)OC(C)C(C)(C)C)S(=O)(=O)[O-])C(C)(C)C.[Na+]. The minimum atomic E-state index is -4.94. The predicted molar refractivity (Wildman–Crippen MR) is 92.7 cm³/mol. The summed E-state index contributed by atoms with van der Waals surface area (Å²) in [6, 6.07) is 0. The molecule has 0 aromatic heterocycles. The first-order chi connectivity index (χ1) is 11.0. The summed E-state index contributed by atoms with van der Waals surface area (Å²) in [5.41, 5.74) is -0.686. The molecule has 0 saturated heterocycles. The summed E-state index contributed by atoms with van der Waals surface area (Å²) in [4.78, 5) is 24.0. The Morgan fingerprint density at radius 1 is 0.923 bits per heavy atom. The van der Waals surface area contributed by atoms with Crippen LogP contribution in [0.25, 0.3) is 0 Å². The van der Waals surface area contributed by atoms with E-state index in [1.165, 1.54) is 0 Å². The molecule has 148 valence electrons. The number of hydrogen-bond acceptors (Lipinski definition) is 7. The maximum Gasteiger partial charge on any atom is 1.00 e. The van der Waals surface area contributed by atoms with Gasteiger partial charge in [-0.15, -0.1) is 0 Å². The fourth-order valence-electron chi connectivity index (χ4n) is 1.49. The molecule has 0 aromatic carbocycles. The Kier molecular flexibility index (Phi) is 11.2. The molecule has 0 bridgehead atoms. The van der Waals surface area contributed by atoms with E-state index < -0.39 is 51.4 Å². The molecule has 0 aliphatic heterocycles. The van der Waals surface area contributed by atoms with Crippen molar-refractivity contribution in [3.05, 3.63) is 0 Å². The third-order valence-electron chi connectivity index (χ3n) is 4.26. The number of rotatable bonds is 7. The summed E-state index contributed by atoms with van der Waals surface area (Å²) >= 11 is 0. The zero-order valence-electron chi connectivity index (χ0n) is 17.4. The topological polar surface area (TPSA) is 110 Å². The summed E-state index contributed by atoms with van der Waals surface area (Å²) in [6.45, 7) is 14.5. The Bertz CT molecular complexity index is 573. The summed E-state index contributed by atoms with van der Waals surface area (Å²) in [5, 5.41) is -1.92. The zero-order chi connectivity index (χ0) is 20.2. The molecular weight excluding hydrogens is 371 g/mol. The van der Waals surface area contributed by atoms with E-state index in [9.17, 15) is 22.6 Å². The minimum absolute atomic E-state index is 0. The second kappa shape index (κ2) is 10.4. The summed E-state index contributed by atoms with van der Waals surface area (Å²) in [5.74, 6) is -1.79. The van der Waals surface area contributed by atoms with E-state index in [1.807, 2.05) is 41.5 Å². The zero-order valence-corrected chi connectivity index (χ0v) is 20.2. The number of esters is 2. The molecule has 0 rings (SSSR count). The van der Waals surface area contributed by atoms with Crippen molar-refractivity contribution in [2.24, 2.45) is 10.8 Å². The molecule has 0 amide bonds. The number of ether oxygens (including phenoxy) is 2. The van der Waals surface area contributed by atoms with E-state index >= 15 is 0 Å². The molecule has 0 spiro atoms. The molecule has 0 aliphatic rings. The standard InChI is InChI=1S/C17H32O7S.Na/c1-11(16(3,4)5)23-14(18)10-9-13(25(20,21)22)15(19)24-12(2)17(6,7)8;/h11-13H,9-10H2,1-8H3,(H,20,21,22);/q;+1/p-1. The fourth-order valence-corrected chi connectivity index (χ4v) is 2.19. The Balaban J connectivity index is 0. The molecule has 9 heteroatoms. The Labute approximate surface area is 179 Å². The van der Waals surface area contributed by atoms with E-state index in [2.05, 4.69) is 0 Å². The van der Waals surface area contributed by atoms with Crippen LogP contribution >= 0.6 is 0 Å². The van der Waals surface area contributed by atoms with E-state index in [0.717, 1.165) is 0 Å². The van der Waals surface area contributed by atoms with Gasteiger partial charge >= 0.3 is 41.5 Å². The molecular formula is C17H31NaO7S. The van der Waals surface area contributed by atoms with Gasteiger partial charge in [0.25, 0.3) is 0 Å². The van der Waals surface area contributed by atoms with Crippen molar-refractivity contribution in [1.82, 2.24) is 0 Å². The number of carbonyl (C=O) groups is 2. The van der Waals surface area contributed by atoms with Crippen LogP contribution in [0.5, 0.6) is 0 Å². The minimum Gasteiger partial charge on any atom is -0.747 e. The van der Waals surface area contributed by atoms with Crippen LogP contribution < -0.4 is 29.6 Å². The first-order valence-corrected chi connectivity index (χ1v) is 9.78. The van der Waals surface area contributed by atoms with Crippen LogP contribution in [-0.2, 0) is 29.2 Å². The Hall–Kier alpha value is -0.150. The molecule has 0 radical (unpaired) electrons. The van der Waals surface area contributed by atoms with E-state index in [0.29, 0.717) is 0 Å². The molecule has 0 aliphatic carbocycles. The van der Waals surface area contributed by atoms with Gasteiger partial charge in [0, 0.05) is 6.42 Å². The van der Waals surface area contributed by atoms with E-state index in [1.54, 1.807) is 13.8 Å². The van der Waals surface area contributed by atoms with Gasteiger partial charge in [-0.05, 0) is 31.1 Å². The summed E-state index contributed by atoms with van der Waals surface area (Å²) < 4.78 is 44.5. The van der Waals surface area contributed by atoms with Crippen LogP contribution in [-0.4, -0.2) is 42.4 Å². The maximum absolute atomic E-state index is 12.1. The quantitative estimate of drug-likeness (QED) is 0.325. The first-order valence-electron chi connectivity index (χ1n) is 8.31. The smallest absolute Gasteiger partial charge is 0.747 e. The van der Waals surface area contributed by atoms with Crippen LogP contribution in [0.3, 0.4) is 0 Å². The van der Waals surface area contributed by atoms with Crippen LogP contribution in [0.2, 0.25) is 0 Å². The van der Waals surface area contributed by atoms with Gasteiger partial charge in [-0.2, -0.15) is 0 Å². The molecule has 3 unspecified atom stereocenters. The van der Waals surface area contributed by atoms with Crippen molar-refractivity contribution in [3.8, 4) is 0 Å². The number of carbonyl (C=O) groups excluding carboxylic acids is 2. The fraction of sp³-hybridized carbons (Fsp3) is 0.882. The summed E-state index contributed by atoms with van der Waals surface area (Å²) in [7, 11) is -4.94. The maximum atomic E-state index is 12.1. The molecule has 0 aromatic rings. The molecule has 0 heterocycles. The van der Waals surface area contributed by atoms with Crippen LogP contribution in [0.1, 0.15) is 68.2 Å². The van der Waals surface area contributed by atoms with Gasteiger partial charge < -0.3 is 14.0 Å². The molecule has 0 saturated carbocycles. The average molecular weight is 402 g/mol. The van der Waals surface area contributed by atoms with Crippen LogP contribution in [0, 0.1) is 10.8 Å². The second-order valence-electron chi connectivity index (χ2n) is 8.46. The third kappa shape index (κ3) is 10.3. The van der Waals surface area contributed by atoms with Crippen molar-refractivity contribution < 1.29 is 61.6 Å². The van der Waals surface area contributed by atoms with Crippen molar-refractivity contribution in [2.75, 3.05) is 0 Å².